The molecule has 0 saturated heterocycles. The molecule has 6 heteroatoms. The van der Waals surface area contributed by atoms with Gasteiger partial charge in [-0.15, -0.1) is 0 Å². The van der Waals surface area contributed by atoms with Crippen LogP contribution in [0.25, 0.3) is 0 Å². The molecule has 0 aliphatic rings. The zero-order valence-corrected chi connectivity index (χ0v) is 11.4. The van der Waals surface area contributed by atoms with E-state index in [-0.39, 0.29) is 5.91 Å². The van der Waals surface area contributed by atoms with E-state index in [0.29, 0.717) is 31.9 Å². The van der Waals surface area contributed by atoms with Crippen LogP contribution >= 0.6 is 0 Å². The number of carbonyl (C=O) groups excluding carboxylic acids is 1. The topological polar surface area (TPSA) is 72.5 Å². The maximum absolute atomic E-state index is 11.9. The third kappa shape index (κ3) is 5.67. The van der Waals surface area contributed by atoms with Crippen LogP contribution in [0.1, 0.15) is 16.8 Å². The Hall–Kier alpha value is -1.66. The fraction of sp³-hybridized carbons (Fsp3) is 0.538. The van der Waals surface area contributed by atoms with Gasteiger partial charge in [0.05, 0.1) is 18.8 Å². The number of nitrogens with one attached hydrogen (secondary N) is 2. The van der Waals surface area contributed by atoms with Crippen molar-refractivity contribution in [2.24, 2.45) is 0 Å². The Morgan fingerprint density at radius 3 is 2.95 bits per heavy atom. The predicted molar refractivity (Wildman–Crippen MR) is 73.4 cm³/mol. The molecule has 0 fully saturated rings. The van der Waals surface area contributed by atoms with Crippen LogP contribution in [0.5, 0.6) is 0 Å². The molecule has 0 saturated carbocycles. The maximum atomic E-state index is 11.9. The van der Waals surface area contributed by atoms with Gasteiger partial charge in [-0.2, -0.15) is 0 Å². The van der Waals surface area contributed by atoms with Crippen LogP contribution in [-0.4, -0.2) is 51.4 Å². The lowest BCUT2D eigenvalue weighted by Crippen LogP contribution is -2.26. The van der Waals surface area contributed by atoms with E-state index in [0.717, 1.165) is 12.1 Å². The highest BCUT2D eigenvalue weighted by atomic mass is 16.5. The van der Waals surface area contributed by atoms with Gasteiger partial charge in [-0.25, -0.2) is 0 Å². The van der Waals surface area contributed by atoms with Crippen LogP contribution in [0.2, 0.25) is 0 Å². The van der Waals surface area contributed by atoms with E-state index in [1.165, 1.54) is 0 Å². The van der Waals surface area contributed by atoms with E-state index in [9.17, 15) is 4.79 Å². The molecular formula is C13H21N3O3. The highest BCUT2D eigenvalue weighted by Crippen LogP contribution is 2.11. The largest absolute Gasteiger partial charge is 0.387 e. The zero-order chi connectivity index (χ0) is 13.9. The Labute approximate surface area is 113 Å². The average Bonchev–Trinajstić information content (AvgIpc) is 2.46. The molecule has 19 heavy (non-hydrogen) atoms. The molecule has 1 rings (SSSR count). The first-order chi connectivity index (χ1) is 9.29. The van der Waals surface area contributed by atoms with Gasteiger partial charge in [0.2, 0.25) is 0 Å². The number of rotatable bonds is 9. The maximum Gasteiger partial charge on any atom is 0.254 e. The minimum atomic E-state index is -0.130. The summed E-state index contributed by atoms with van der Waals surface area (Å²) >= 11 is 0. The monoisotopic (exact) mass is 267 g/mol. The molecule has 6 nitrogen and oxygen atoms in total. The summed E-state index contributed by atoms with van der Waals surface area (Å²) in [5.74, 6) is -0.130. The van der Waals surface area contributed by atoms with Crippen molar-refractivity contribution in [3.05, 3.63) is 24.0 Å². The molecule has 1 aromatic heterocycles. The van der Waals surface area contributed by atoms with Gasteiger partial charge in [0.15, 0.2) is 0 Å². The van der Waals surface area contributed by atoms with Gasteiger partial charge in [-0.3, -0.25) is 9.78 Å². The smallest absolute Gasteiger partial charge is 0.254 e. The molecule has 1 aromatic rings. The van der Waals surface area contributed by atoms with Gasteiger partial charge in [-0.1, -0.05) is 0 Å². The molecule has 0 aliphatic heterocycles. The Morgan fingerprint density at radius 2 is 2.21 bits per heavy atom. The summed E-state index contributed by atoms with van der Waals surface area (Å²) in [4.78, 5) is 15.9. The lowest BCUT2D eigenvalue weighted by molar-refractivity contribution is 0.0688. The first-order valence-electron chi connectivity index (χ1n) is 6.26. The molecule has 106 valence electrons. The molecule has 0 atom stereocenters. The van der Waals surface area contributed by atoms with Crippen LogP contribution in [-0.2, 0) is 9.47 Å². The van der Waals surface area contributed by atoms with Crippen LogP contribution in [0.3, 0.4) is 0 Å². The second-order valence-corrected chi connectivity index (χ2v) is 3.89. The van der Waals surface area contributed by atoms with E-state index in [1.54, 1.807) is 32.6 Å². The van der Waals surface area contributed by atoms with Crippen LogP contribution in [0, 0.1) is 0 Å². The second kappa shape index (κ2) is 9.29. The first kappa shape index (κ1) is 15.4. The van der Waals surface area contributed by atoms with Crippen molar-refractivity contribution < 1.29 is 14.3 Å². The number of amides is 1. The van der Waals surface area contributed by atoms with E-state index >= 15 is 0 Å². The molecule has 2 N–H and O–H groups in total. The summed E-state index contributed by atoms with van der Waals surface area (Å²) in [6.07, 6.45) is 3.97. The van der Waals surface area contributed by atoms with Gasteiger partial charge in [-0.05, 0) is 12.5 Å². The molecule has 0 aliphatic carbocycles. The van der Waals surface area contributed by atoms with Crippen LogP contribution in [0.4, 0.5) is 5.69 Å². The Bertz CT molecular complexity index is 385. The first-order valence-corrected chi connectivity index (χ1v) is 6.26. The molecule has 0 unspecified atom stereocenters. The summed E-state index contributed by atoms with van der Waals surface area (Å²) < 4.78 is 10.2. The summed E-state index contributed by atoms with van der Waals surface area (Å²) in [7, 11) is 3.41. The number of pyridine rings is 1. The molecule has 1 heterocycles. The Morgan fingerprint density at radius 1 is 1.37 bits per heavy atom. The average molecular weight is 267 g/mol. The normalized spacial score (nSPS) is 10.2. The summed E-state index contributed by atoms with van der Waals surface area (Å²) in [6.45, 7) is 2.35. The highest BCUT2D eigenvalue weighted by Gasteiger charge is 2.09. The number of hydrogen-bond acceptors (Lipinski definition) is 5. The SMILES string of the molecule is CNc1ccncc1C(=O)NCCCOCCOC. The summed E-state index contributed by atoms with van der Waals surface area (Å²) in [6, 6.07) is 1.77. The Kier molecular flexibility index (Phi) is 7.53. The summed E-state index contributed by atoms with van der Waals surface area (Å²) in [5.41, 5.74) is 1.31. The van der Waals surface area contributed by atoms with E-state index < -0.39 is 0 Å². The second-order valence-electron chi connectivity index (χ2n) is 3.89. The lowest BCUT2D eigenvalue weighted by Gasteiger charge is -2.09. The predicted octanol–water partition coefficient (Wildman–Crippen LogP) is 0.906. The van der Waals surface area contributed by atoms with Crippen molar-refractivity contribution >= 4 is 11.6 Å². The van der Waals surface area contributed by atoms with Crippen molar-refractivity contribution in [1.82, 2.24) is 10.3 Å². The van der Waals surface area contributed by atoms with Crippen molar-refractivity contribution in [3.8, 4) is 0 Å². The number of carbonyl (C=O) groups is 1. The van der Waals surface area contributed by atoms with E-state index in [1.807, 2.05) is 0 Å². The van der Waals surface area contributed by atoms with Gasteiger partial charge >= 0.3 is 0 Å². The summed E-state index contributed by atoms with van der Waals surface area (Å²) in [5, 5.41) is 5.80. The minimum Gasteiger partial charge on any atom is -0.387 e. The number of anilines is 1. The molecule has 0 radical (unpaired) electrons. The number of aromatic nitrogens is 1. The quantitative estimate of drug-likeness (QED) is 0.651. The third-order valence-electron chi connectivity index (χ3n) is 2.52. The molecule has 1 amide bonds. The minimum absolute atomic E-state index is 0.130. The zero-order valence-electron chi connectivity index (χ0n) is 11.4. The van der Waals surface area contributed by atoms with Crippen LogP contribution in [0.15, 0.2) is 18.5 Å². The number of ether oxygens (including phenoxy) is 2. The molecule has 0 aromatic carbocycles. The number of hydrogen-bond donors (Lipinski definition) is 2. The van der Waals surface area contributed by atoms with Crippen molar-refractivity contribution in [2.75, 3.05) is 45.8 Å². The Balaban J connectivity index is 2.24. The van der Waals surface area contributed by atoms with Gasteiger partial charge in [0.1, 0.15) is 0 Å². The fourth-order valence-corrected chi connectivity index (χ4v) is 1.51. The van der Waals surface area contributed by atoms with Gasteiger partial charge < -0.3 is 20.1 Å². The van der Waals surface area contributed by atoms with Crippen molar-refractivity contribution in [2.45, 2.75) is 6.42 Å². The lowest BCUT2D eigenvalue weighted by atomic mass is 10.2. The number of nitrogens with zero attached hydrogens (tertiary/aromatic N) is 1. The number of methoxy groups -OCH3 is 1. The van der Waals surface area contributed by atoms with Gasteiger partial charge in [0, 0.05) is 45.4 Å². The van der Waals surface area contributed by atoms with Crippen molar-refractivity contribution in [1.29, 1.82) is 0 Å². The fourth-order valence-electron chi connectivity index (χ4n) is 1.51. The molecule has 0 spiro atoms. The van der Waals surface area contributed by atoms with Crippen molar-refractivity contribution in [3.63, 3.8) is 0 Å². The van der Waals surface area contributed by atoms with E-state index in [2.05, 4.69) is 15.6 Å². The molecule has 0 bridgehead atoms. The molecular weight excluding hydrogens is 246 g/mol. The third-order valence-corrected chi connectivity index (χ3v) is 2.52. The van der Waals surface area contributed by atoms with Crippen LogP contribution < -0.4 is 10.6 Å². The van der Waals surface area contributed by atoms with E-state index in [4.69, 9.17) is 9.47 Å². The van der Waals surface area contributed by atoms with Gasteiger partial charge in [0.25, 0.3) is 5.91 Å². The standard InChI is InChI=1S/C13H21N3O3/c1-14-12-4-6-15-10-11(12)13(17)16-5-3-7-19-9-8-18-2/h4,6,10H,3,5,7-9H2,1-2H3,(H,14,15)(H,16,17). The highest BCUT2D eigenvalue weighted by molar-refractivity contribution is 5.99.